The van der Waals surface area contributed by atoms with E-state index in [2.05, 4.69) is 50.9 Å². The molecule has 0 saturated carbocycles. The van der Waals surface area contributed by atoms with Crippen molar-refractivity contribution in [3.8, 4) is 0 Å². The lowest BCUT2D eigenvalue weighted by Gasteiger charge is -2.20. The quantitative estimate of drug-likeness (QED) is 0.699. The van der Waals surface area contributed by atoms with E-state index in [1.165, 1.54) is 5.57 Å². The molecule has 1 aliphatic rings. The number of nitrogens with zero attached hydrogens (tertiary/aromatic N) is 1. The van der Waals surface area contributed by atoms with Gasteiger partial charge in [0.05, 0.1) is 6.26 Å². The van der Waals surface area contributed by atoms with Crippen LogP contribution in [0.25, 0.3) is 0 Å². The van der Waals surface area contributed by atoms with E-state index in [1.807, 2.05) is 26.0 Å². The van der Waals surface area contributed by atoms with Crippen LogP contribution in [0.1, 0.15) is 54.4 Å². The predicted molar refractivity (Wildman–Crippen MR) is 105 cm³/mol. The second kappa shape index (κ2) is 9.43. The van der Waals surface area contributed by atoms with Crippen LogP contribution in [-0.4, -0.2) is 12.4 Å². The highest BCUT2D eigenvalue weighted by molar-refractivity contribution is 5.94. The molecule has 24 heavy (non-hydrogen) atoms. The van der Waals surface area contributed by atoms with Crippen molar-refractivity contribution in [2.45, 2.75) is 54.4 Å². The zero-order chi connectivity index (χ0) is 18.2. The minimum Gasteiger partial charge on any atom is -0.446 e. The molecule has 0 amide bonds. The van der Waals surface area contributed by atoms with Crippen molar-refractivity contribution in [2.24, 2.45) is 16.1 Å². The molecule has 2 N–H and O–H groups in total. The van der Waals surface area contributed by atoms with Gasteiger partial charge in [0.2, 0.25) is 5.90 Å². The standard InChI is InChI=1S/C21H32N2O/c1-7-18(12-11-16(2)15-22)20-23-17(3)9-8-10-19(13-14-24-20)21(4,5)6/h9-14H,7-8,15,22H2,1-6H3/b14-13+,16-11+,17-9+,18-12+,19-10?,23-20-. The highest BCUT2D eigenvalue weighted by Gasteiger charge is 2.15. The summed E-state index contributed by atoms with van der Waals surface area (Å²) in [5.41, 5.74) is 10.1. The fourth-order valence-corrected chi connectivity index (χ4v) is 2.18. The van der Waals surface area contributed by atoms with Gasteiger partial charge in [-0.25, -0.2) is 4.99 Å². The molecule has 0 aromatic rings. The Morgan fingerprint density at radius 1 is 1.29 bits per heavy atom. The molecule has 132 valence electrons. The highest BCUT2D eigenvalue weighted by Crippen LogP contribution is 2.27. The Labute approximate surface area is 147 Å². The fourth-order valence-electron chi connectivity index (χ4n) is 2.18. The zero-order valence-corrected chi connectivity index (χ0v) is 16.0. The van der Waals surface area contributed by atoms with E-state index in [0.29, 0.717) is 12.4 Å². The van der Waals surface area contributed by atoms with Gasteiger partial charge in [-0.15, -0.1) is 0 Å². The Bertz CT molecular complexity index is 608. The minimum atomic E-state index is 0.0858. The smallest absolute Gasteiger partial charge is 0.221 e. The molecule has 0 spiro atoms. The number of rotatable bonds is 4. The molecule has 3 nitrogen and oxygen atoms in total. The third-order valence-electron chi connectivity index (χ3n) is 3.87. The summed E-state index contributed by atoms with van der Waals surface area (Å²) in [7, 11) is 0. The van der Waals surface area contributed by atoms with E-state index in [0.717, 1.165) is 29.7 Å². The summed E-state index contributed by atoms with van der Waals surface area (Å²) in [6.07, 6.45) is 13.9. The van der Waals surface area contributed by atoms with Crippen LogP contribution in [0.2, 0.25) is 0 Å². The van der Waals surface area contributed by atoms with Crippen molar-refractivity contribution < 1.29 is 4.74 Å². The predicted octanol–water partition coefficient (Wildman–Crippen LogP) is 5.44. The Morgan fingerprint density at radius 2 is 2.00 bits per heavy atom. The van der Waals surface area contributed by atoms with Gasteiger partial charge in [-0.3, -0.25) is 0 Å². The second-order valence-corrected chi connectivity index (χ2v) is 7.09. The van der Waals surface area contributed by atoms with E-state index in [4.69, 9.17) is 10.5 Å². The lowest BCUT2D eigenvalue weighted by molar-refractivity contribution is 0.461. The lowest BCUT2D eigenvalue weighted by atomic mass is 9.86. The van der Waals surface area contributed by atoms with Crippen LogP contribution >= 0.6 is 0 Å². The first-order valence-electron chi connectivity index (χ1n) is 8.64. The maximum atomic E-state index is 5.89. The van der Waals surface area contributed by atoms with Crippen LogP contribution in [-0.2, 0) is 4.74 Å². The summed E-state index contributed by atoms with van der Waals surface area (Å²) in [6.45, 7) is 13.3. The van der Waals surface area contributed by atoms with Crippen LogP contribution in [0.3, 0.4) is 0 Å². The van der Waals surface area contributed by atoms with Gasteiger partial charge in [0.25, 0.3) is 0 Å². The van der Waals surface area contributed by atoms with Gasteiger partial charge in [-0.05, 0) is 43.8 Å². The SMILES string of the molecule is CCC(=C\C=C(/C)CN)/C1=N/C(C)=C/CC=C(C(C)(C)C)/C=C/O1. The van der Waals surface area contributed by atoms with E-state index >= 15 is 0 Å². The summed E-state index contributed by atoms with van der Waals surface area (Å²) < 4.78 is 5.89. The van der Waals surface area contributed by atoms with Crippen LogP contribution in [0.4, 0.5) is 0 Å². The fraction of sp³-hybridized carbons (Fsp3) is 0.476. The largest absolute Gasteiger partial charge is 0.446 e. The van der Waals surface area contributed by atoms with Gasteiger partial charge in [0.1, 0.15) is 0 Å². The van der Waals surface area contributed by atoms with Gasteiger partial charge >= 0.3 is 0 Å². The second-order valence-electron chi connectivity index (χ2n) is 7.09. The molecule has 0 radical (unpaired) electrons. The molecule has 0 aliphatic carbocycles. The number of hydrogen-bond acceptors (Lipinski definition) is 3. The number of aliphatic imine (C=N–C) groups is 1. The number of allylic oxidation sites excluding steroid dienone is 7. The minimum absolute atomic E-state index is 0.0858. The molecule has 0 atom stereocenters. The Kier molecular flexibility index (Phi) is 7.93. The Balaban J connectivity index is 3.18. The third kappa shape index (κ3) is 6.71. The molecular weight excluding hydrogens is 296 g/mol. The van der Waals surface area contributed by atoms with Gasteiger partial charge in [0.15, 0.2) is 0 Å². The molecule has 0 aromatic heterocycles. The zero-order valence-electron chi connectivity index (χ0n) is 16.0. The monoisotopic (exact) mass is 328 g/mol. The van der Waals surface area contributed by atoms with Crippen LogP contribution in [0.15, 0.2) is 64.1 Å². The summed E-state index contributed by atoms with van der Waals surface area (Å²) in [6, 6.07) is 0. The Hall–Kier alpha value is -1.87. The van der Waals surface area contributed by atoms with Gasteiger partial charge in [-0.2, -0.15) is 0 Å². The maximum Gasteiger partial charge on any atom is 0.221 e. The summed E-state index contributed by atoms with van der Waals surface area (Å²) in [4.78, 5) is 4.65. The number of nitrogens with two attached hydrogens (primary N) is 1. The van der Waals surface area contributed by atoms with E-state index in [9.17, 15) is 0 Å². The topological polar surface area (TPSA) is 47.6 Å². The number of ether oxygens (including phenoxy) is 1. The third-order valence-corrected chi connectivity index (χ3v) is 3.87. The Morgan fingerprint density at radius 3 is 2.58 bits per heavy atom. The van der Waals surface area contributed by atoms with E-state index in [-0.39, 0.29) is 5.41 Å². The van der Waals surface area contributed by atoms with E-state index < -0.39 is 0 Å². The number of hydrogen-bond donors (Lipinski definition) is 1. The summed E-state index contributed by atoms with van der Waals surface area (Å²) >= 11 is 0. The first-order valence-corrected chi connectivity index (χ1v) is 8.64. The van der Waals surface area contributed by atoms with Crippen molar-refractivity contribution in [3.63, 3.8) is 0 Å². The normalized spacial score (nSPS) is 23.4. The molecule has 0 unspecified atom stereocenters. The van der Waals surface area contributed by atoms with Gasteiger partial charge in [0, 0.05) is 17.8 Å². The molecule has 0 bridgehead atoms. The van der Waals surface area contributed by atoms with Gasteiger partial charge < -0.3 is 10.5 Å². The van der Waals surface area contributed by atoms with Crippen molar-refractivity contribution in [1.82, 2.24) is 0 Å². The lowest BCUT2D eigenvalue weighted by Crippen LogP contribution is -2.09. The van der Waals surface area contributed by atoms with Crippen LogP contribution < -0.4 is 5.73 Å². The van der Waals surface area contributed by atoms with Crippen molar-refractivity contribution in [3.05, 3.63) is 59.1 Å². The molecule has 0 fully saturated rings. The van der Waals surface area contributed by atoms with Crippen molar-refractivity contribution >= 4 is 5.90 Å². The molecule has 1 rings (SSSR count). The molecular formula is C21H32N2O. The first kappa shape index (κ1) is 20.2. The summed E-state index contributed by atoms with van der Waals surface area (Å²) in [5.74, 6) is 0.652. The molecule has 1 aliphatic heterocycles. The van der Waals surface area contributed by atoms with Crippen molar-refractivity contribution in [2.75, 3.05) is 6.54 Å². The highest BCUT2D eigenvalue weighted by atomic mass is 16.5. The van der Waals surface area contributed by atoms with Crippen LogP contribution in [0, 0.1) is 5.41 Å². The molecule has 1 heterocycles. The average Bonchev–Trinajstić information content (AvgIpc) is 2.52. The van der Waals surface area contributed by atoms with Crippen LogP contribution in [0.5, 0.6) is 0 Å². The molecule has 0 aromatic carbocycles. The molecule has 0 saturated heterocycles. The van der Waals surface area contributed by atoms with Gasteiger partial charge in [-0.1, -0.05) is 57.6 Å². The first-order chi connectivity index (χ1) is 11.3. The molecule has 3 heteroatoms. The summed E-state index contributed by atoms with van der Waals surface area (Å²) in [5, 5.41) is 0. The van der Waals surface area contributed by atoms with E-state index in [1.54, 1.807) is 6.26 Å². The average molecular weight is 329 g/mol. The maximum absolute atomic E-state index is 5.89. The van der Waals surface area contributed by atoms with Crippen molar-refractivity contribution in [1.29, 1.82) is 0 Å².